The van der Waals surface area contributed by atoms with Gasteiger partial charge in [-0.2, -0.15) is 0 Å². The Labute approximate surface area is 173 Å². The summed E-state index contributed by atoms with van der Waals surface area (Å²) in [5.74, 6) is 0.160. The van der Waals surface area contributed by atoms with Crippen molar-refractivity contribution in [1.82, 2.24) is 9.80 Å². The zero-order valence-electron chi connectivity index (χ0n) is 17.6. The van der Waals surface area contributed by atoms with Crippen molar-refractivity contribution in [3.63, 3.8) is 0 Å². The topological polar surface area (TPSA) is 52.7 Å². The highest BCUT2D eigenvalue weighted by atomic mass is 16.2. The van der Waals surface area contributed by atoms with Crippen LogP contribution in [0.5, 0.6) is 0 Å². The summed E-state index contributed by atoms with van der Waals surface area (Å²) in [5, 5.41) is 2.90. The van der Waals surface area contributed by atoms with Crippen LogP contribution in [0.4, 0.5) is 10.5 Å². The Morgan fingerprint density at radius 3 is 2.03 bits per heavy atom. The molecule has 0 aromatic heterocycles. The summed E-state index contributed by atoms with van der Waals surface area (Å²) in [4.78, 5) is 28.6. The summed E-state index contributed by atoms with van der Waals surface area (Å²) in [6.07, 6.45) is 1.25. The number of nitrogens with one attached hydrogen (secondary N) is 1. The summed E-state index contributed by atoms with van der Waals surface area (Å²) in [5.41, 5.74) is 3.42. The van der Waals surface area contributed by atoms with Crippen molar-refractivity contribution in [2.75, 3.05) is 31.5 Å². The highest BCUT2D eigenvalue weighted by molar-refractivity contribution is 5.89. The zero-order chi connectivity index (χ0) is 20.9. The molecule has 29 heavy (non-hydrogen) atoms. The monoisotopic (exact) mass is 393 g/mol. The third-order valence-electron chi connectivity index (χ3n) is 5.39. The molecule has 0 spiro atoms. The number of benzene rings is 2. The van der Waals surface area contributed by atoms with Crippen molar-refractivity contribution in [2.24, 2.45) is 0 Å². The van der Waals surface area contributed by atoms with Crippen molar-refractivity contribution in [2.45, 2.75) is 39.0 Å². The van der Waals surface area contributed by atoms with Crippen molar-refractivity contribution < 1.29 is 9.59 Å². The summed E-state index contributed by atoms with van der Waals surface area (Å²) in [6.45, 7) is 8.89. The first-order valence-electron chi connectivity index (χ1n) is 10.3. The van der Waals surface area contributed by atoms with E-state index in [1.54, 1.807) is 4.90 Å². The van der Waals surface area contributed by atoms with Gasteiger partial charge in [-0.05, 0) is 35.1 Å². The molecule has 154 valence electrons. The Balaban J connectivity index is 1.43. The number of carbonyl (C=O) groups excluding carboxylic acids is 2. The molecule has 1 N–H and O–H groups in total. The molecular formula is C24H31N3O2. The number of anilines is 1. The van der Waals surface area contributed by atoms with E-state index in [2.05, 4.69) is 50.4 Å². The number of hydrogen-bond donors (Lipinski definition) is 1. The van der Waals surface area contributed by atoms with Crippen LogP contribution in [-0.2, 0) is 16.6 Å². The fraction of sp³-hybridized carbons (Fsp3) is 0.417. The van der Waals surface area contributed by atoms with Crippen LogP contribution in [0.25, 0.3) is 0 Å². The molecule has 5 nitrogen and oxygen atoms in total. The fourth-order valence-electron chi connectivity index (χ4n) is 3.46. The Morgan fingerprint density at radius 1 is 0.862 bits per heavy atom. The quantitative estimate of drug-likeness (QED) is 0.842. The van der Waals surface area contributed by atoms with Gasteiger partial charge < -0.3 is 15.1 Å². The Kier molecular flexibility index (Phi) is 6.57. The van der Waals surface area contributed by atoms with E-state index in [0.29, 0.717) is 32.6 Å². The third kappa shape index (κ3) is 5.83. The van der Waals surface area contributed by atoms with Crippen LogP contribution in [0.2, 0.25) is 0 Å². The van der Waals surface area contributed by atoms with Crippen LogP contribution < -0.4 is 5.32 Å². The molecule has 1 heterocycles. The Hall–Kier alpha value is -2.82. The van der Waals surface area contributed by atoms with Crippen molar-refractivity contribution >= 4 is 17.6 Å². The minimum absolute atomic E-state index is 0.109. The van der Waals surface area contributed by atoms with E-state index >= 15 is 0 Å². The molecular weight excluding hydrogens is 362 g/mol. The van der Waals surface area contributed by atoms with Crippen LogP contribution in [0.15, 0.2) is 54.6 Å². The minimum atomic E-state index is -0.109. The molecule has 3 rings (SSSR count). The largest absolute Gasteiger partial charge is 0.339 e. The van der Waals surface area contributed by atoms with E-state index in [9.17, 15) is 9.59 Å². The first kappa shape index (κ1) is 20.9. The minimum Gasteiger partial charge on any atom is -0.339 e. The van der Waals surface area contributed by atoms with Crippen LogP contribution in [-0.4, -0.2) is 47.9 Å². The first-order valence-corrected chi connectivity index (χ1v) is 10.3. The van der Waals surface area contributed by atoms with E-state index in [1.165, 1.54) is 11.1 Å². The molecule has 0 atom stereocenters. The van der Waals surface area contributed by atoms with Crippen molar-refractivity contribution in [3.8, 4) is 0 Å². The second-order valence-electron chi connectivity index (χ2n) is 8.61. The molecule has 3 amide bonds. The SMILES string of the molecule is CC(C)(C)c1ccc(CCC(=O)N2CCN(C(=O)Nc3ccccc3)CC2)cc1. The van der Waals surface area contributed by atoms with E-state index in [-0.39, 0.29) is 17.4 Å². The molecule has 0 radical (unpaired) electrons. The molecule has 0 saturated carbocycles. The van der Waals surface area contributed by atoms with Crippen molar-refractivity contribution in [3.05, 3.63) is 65.7 Å². The van der Waals surface area contributed by atoms with Gasteiger partial charge in [-0.1, -0.05) is 63.2 Å². The van der Waals surface area contributed by atoms with Gasteiger partial charge in [-0.25, -0.2) is 4.79 Å². The lowest BCUT2D eigenvalue weighted by Gasteiger charge is -2.34. The number of amides is 3. The number of piperazine rings is 1. The summed E-state index contributed by atoms with van der Waals surface area (Å²) >= 11 is 0. The summed E-state index contributed by atoms with van der Waals surface area (Å²) in [7, 11) is 0. The number of para-hydroxylation sites is 1. The molecule has 1 fully saturated rings. The maximum absolute atomic E-state index is 12.6. The molecule has 0 bridgehead atoms. The van der Waals surface area contributed by atoms with Crippen LogP contribution in [0.1, 0.15) is 38.3 Å². The smallest absolute Gasteiger partial charge is 0.321 e. The number of nitrogens with zero attached hydrogens (tertiary/aromatic N) is 2. The third-order valence-corrected chi connectivity index (χ3v) is 5.39. The zero-order valence-corrected chi connectivity index (χ0v) is 17.6. The average molecular weight is 394 g/mol. The standard InChI is InChI=1S/C24H31N3O2/c1-24(2,3)20-12-9-19(10-13-20)11-14-22(28)26-15-17-27(18-16-26)23(29)25-21-7-5-4-6-8-21/h4-10,12-13H,11,14-18H2,1-3H3,(H,25,29). The number of hydrogen-bond acceptors (Lipinski definition) is 2. The number of rotatable bonds is 4. The van der Waals surface area contributed by atoms with E-state index in [4.69, 9.17) is 0 Å². The highest BCUT2D eigenvalue weighted by Crippen LogP contribution is 2.22. The van der Waals surface area contributed by atoms with Crippen molar-refractivity contribution in [1.29, 1.82) is 0 Å². The molecule has 2 aromatic carbocycles. The first-order chi connectivity index (χ1) is 13.8. The summed E-state index contributed by atoms with van der Waals surface area (Å²) in [6, 6.07) is 17.9. The summed E-state index contributed by atoms with van der Waals surface area (Å²) < 4.78 is 0. The van der Waals surface area contributed by atoms with Gasteiger partial charge >= 0.3 is 6.03 Å². The van der Waals surface area contributed by atoms with Gasteiger partial charge in [0.25, 0.3) is 0 Å². The number of carbonyl (C=O) groups is 2. The second-order valence-corrected chi connectivity index (χ2v) is 8.61. The lowest BCUT2D eigenvalue weighted by atomic mass is 9.86. The number of urea groups is 1. The number of aryl methyl sites for hydroxylation is 1. The van der Waals surface area contributed by atoms with E-state index in [0.717, 1.165) is 12.1 Å². The molecule has 1 saturated heterocycles. The van der Waals surface area contributed by atoms with Gasteiger partial charge in [0.1, 0.15) is 0 Å². The molecule has 2 aromatic rings. The molecule has 0 unspecified atom stereocenters. The van der Waals surface area contributed by atoms with E-state index < -0.39 is 0 Å². The van der Waals surface area contributed by atoms with Gasteiger partial charge in [0.15, 0.2) is 0 Å². The highest BCUT2D eigenvalue weighted by Gasteiger charge is 2.24. The molecule has 1 aliphatic rings. The van der Waals surface area contributed by atoms with Gasteiger partial charge in [0.2, 0.25) is 5.91 Å². The fourth-order valence-corrected chi connectivity index (χ4v) is 3.46. The predicted octanol–water partition coefficient (Wildman–Crippen LogP) is 4.29. The maximum Gasteiger partial charge on any atom is 0.321 e. The maximum atomic E-state index is 12.6. The van der Waals surface area contributed by atoms with Crippen LogP contribution in [0, 0.1) is 0 Å². The molecule has 1 aliphatic heterocycles. The Morgan fingerprint density at radius 2 is 1.45 bits per heavy atom. The normalized spacial score (nSPS) is 14.6. The lowest BCUT2D eigenvalue weighted by Crippen LogP contribution is -2.51. The molecule has 5 heteroatoms. The van der Waals surface area contributed by atoms with Gasteiger partial charge in [0, 0.05) is 38.3 Å². The second kappa shape index (κ2) is 9.12. The van der Waals surface area contributed by atoms with Crippen LogP contribution in [0.3, 0.4) is 0 Å². The van der Waals surface area contributed by atoms with Gasteiger partial charge in [0.05, 0.1) is 0 Å². The predicted molar refractivity (Wildman–Crippen MR) is 117 cm³/mol. The van der Waals surface area contributed by atoms with Gasteiger partial charge in [-0.15, -0.1) is 0 Å². The average Bonchev–Trinajstić information content (AvgIpc) is 2.72. The molecule has 0 aliphatic carbocycles. The van der Waals surface area contributed by atoms with Crippen LogP contribution >= 0.6 is 0 Å². The van der Waals surface area contributed by atoms with Gasteiger partial charge in [-0.3, -0.25) is 4.79 Å². The van der Waals surface area contributed by atoms with E-state index in [1.807, 2.05) is 35.2 Å². The lowest BCUT2D eigenvalue weighted by molar-refractivity contribution is -0.132. The Bertz CT molecular complexity index is 817.